The van der Waals surface area contributed by atoms with Crippen LogP contribution in [0.2, 0.25) is 0 Å². The van der Waals surface area contributed by atoms with E-state index in [0.29, 0.717) is 12.6 Å². The predicted molar refractivity (Wildman–Crippen MR) is 106 cm³/mol. The van der Waals surface area contributed by atoms with Crippen LogP contribution in [0.4, 0.5) is 0 Å². The summed E-state index contributed by atoms with van der Waals surface area (Å²) in [6.45, 7) is 2.26. The number of nitrogens with zero attached hydrogens (tertiary/aromatic N) is 1. The molecule has 4 nitrogen and oxygen atoms in total. The maximum Gasteiger partial charge on any atom is 0.166 e. The van der Waals surface area contributed by atoms with Crippen molar-refractivity contribution in [3.05, 3.63) is 59.7 Å². The highest BCUT2D eigenvalue weighted by molar-refractivity contribution is 5.47. The molecule has 4 heteroatoms. The zero-order valence-corrected chi connectivity index (χ0v) is 16.1. The van der Waals surface area contributed by atoms with Crippen molar-refractivity contribution in [3.8, 4) is 11.5 Å². The summed E-state index contributed by atoms with van der Waals surface area (Å²) in [5.74, 6) is 1.68. The molecule has 2 aromatic carbocycles. The van der Waals surface area contributed by atoms with Gasteiger partial charge in [-0.1, -0.05) is 42.5 Å². The molecule has 27 heavy (non-hydrogen) atoms. The van der Waals surface area contributed by atoms with Crippen LogP contribution in [-0.4, -0.2) is 36.3 Å². The summed E-state index contributed by atoms with van der Waals surface area (Å²) in [6, 6.07) is 16.1. The summed E-state index contributed by atoms with van der Waals surface area (Å²) in [5.41, 5.74) is 1.37. The number of hydrogen-bond acceptors (Lipinski definition) is 4. The fraction of sp³-hybridized carbons (Fsp3) is 0.478. The van der Waals surface area contributed by atoms with Gasteiger partial charge in [0.1, 0.15) is 5.60 Å². The van der Waals surface area contributed by atoms with Crippen LogP contribution in [0.25, 0.3) is 0 Å². The monoisotopic (exact) mass is 367 g/mol. The van der Waals surface area contributed by atoms with Crippen molar-refractivity contribution in [1.29, 1.82) is 0 Å². The van der Waals surface area contributed by atoms with Crippen molar-refractivity contribution in [3.63, 3.8) is 0 Å². The first-order valence-electron chi connectivity index (χ1n) is 10.0. The first kappa shape index (κ1) is 18.3. The maximum atomic E-state index is 11.1. The molecule has 2 fully saturated rings. The van der Waals surface area contributed by atoms with Gasteiger partial charge in [0.05, 0.1) is 13.2 Å². The number of likely N-dealkylation sites (tertiary alicyclic amines) is 1. The van der Waals surface area contributed by atoms with E-state index in [4.69, 9.17) is 9.47 Å². The Morgan fingerprint density at radius 2 is 1.85 bits per heavy atom. The number of ether oxygens (including phenoxy) is 2. The molecule has 1 heterocycles. The van der Waals surface area contributed by atoms with E-state index in [1.54, 1.807) is 7.11 Å². The van der Waals surface area contributed by atoms with Gasteiger partial charge in [-0.15, -0.1) is 0 Å². The highest BCUT2D eigenvalue weighted by atomic mass is 16.5. The molecule has 0 spiro atoms. The highest BCUT2D eigenvalue weighted by Gasteiger charge is 2.37. The van der Waals surface area contributed by atoms with Gasteiger partial charge in [0, 0.05) is 25.2 Å². The lowest BCUT2D eigenvalue weighted by Gasteiger charge is -2.25. The number of rotatable bonds is 6. The van der Waals surface area contributed by atoms with Gasteiger partial charge in [-0.2, -0.15) is 0 Å². The van der Waals surface area contributed by atoms with Gasteiger partial charge in [0.25, 0.3) is 0 Å². The first-order chi connectivity index (χ1) is 13.2. The normalized spacial score (nSPS) is 23.6. The third-order valence-electron chi connectivity index (χ3n) is 5.90. The van der Waals surface area contributed by atoms with Gasteiger partial charge in [0.2, 0.25) is 0 Å². The summed E-state index contributed by atoms with van der Waals surface area (Å²) in [7, 11) is 1.70. The molecule has 4 rings (SSSR count). The molecule has 1 aliphatic heterocycles. The van der Waals surface area contributed by atoms with Crippen LogP contribution in [-0.2, 0) is 12.1 Å². The average Bonchev–Trinajstić information content (AvgIpc) is 3.34. The Morgan fingerprint density at radius 1 is 1.07 bits per heavy atom. The Balaban J connectivity index is 1.51. The molecule has 1 saturated heterocycles. The van der Waals surface area contributed by atoms with Crippen molar-refractivity contribution in [2.45, 2.75) is 50.4 Å². The van der Waals surface area contributed by atoms with E-state index >= 15 is 0 Å². The maximum absolute atomic E-state index is 11.1. The van der Waals surface area contributed by atoms with E-state index in [1.807, 2.05) is 42.5 Å². The lowest BCUT2D eigenvalue weighted by atomic mass is 9.93. The van der Waals surface area contributed by atoms with Crippen LogP contribution in [0.15, 0.2) is 48.5 Å². The van der Waals surface area contributed by atoms with E-state index in [1.165, 1.54) is 12.8 Å². The van der Waals surface area contributed by atoms with Crippen LogP contribution in [0.5, 0.6) is 11.5 Å². The van der Waals surface area contributed by atoms with Crippen molar-refractivity contribution >= 4 is 0 Å². The topological polar surface area (TPSA) is 41.9 Å². The number of benzene rings is 2. The van der Waals surface area contributed by atoms with Crippen LogP contribution in [0.1, 0.15) is 43.2 Å². The highest BCUT2D eigenvalue weighted by Crippen LogP contribution is 2.38. The number of para-hydroxylation sites is 1. The SMILES string of the molecule is COc1cccc(CN2CC[C@](O)(c3ccccc3)C2)c1OC1CCCC1. The van der Waals surface area contributed by atoms with Crippen molar-refractivity contribution < 1.29 is 14.6 Å². The quantitative estimate of drug-likeness (QED) is 0.834. The van der Waals surface area contributed by atoms with Crippen molar-refractivity contribution in [2.24, 2.45) is 0 Å². The summed E-state index contributed by atoms with van der Waals surface area (Å²) in [5, 5.41) is 11.1. The minimum Gasteiger partial charge on any atom is -0.493 e. The van der Waals surface area contributed by atoms with E-state index in [9.17, 15) is 5.11 Å². The molecule has 0 aromatic heterocycles. The molecular formula is C23H29NO3. The molecule has 1 N–H and O–H groups in total. The average molecular weight is 367 g/mol. The second-order valence-corrected chi connectivity index (χ2v) is 7.83. The van der Waals surface area contributed by atoms with Crippen LogP contribution < -0.4 is 9.47 Å². The second kappa shape index (κ2) is 7.91. The van der Waals surface area contributed by atoms with Crippen LogP contribution in [0, 0.1) is 0 Å². The smallest absolute Gasteiger partial charge is 0.166 e. The lowest BCUT2D eigenvalue weighted by Crippen LogP contribution is -2.30. The minimum atomic E-state index is -0.771. The Hall–Kier alpha value is -2.04. The molecule has 0 unspecified atom stereocenters. The summed E-state index contributed by atoms with van der Waals surface area (Å²) in [4.78, 5) is 2.31. The Kier molecular flexibility index (Phi) is 5.37. The summed E-state index contributed by atoms with van der Waals surface area (Å²) >= 11 is 0. The van der Waals surface area contributed by atoms with Gasteiger partial charge in [-0.05, 0) is 43.7 Å². The summed E-state index contributed by atoms with van der Waals surface area (Å²) < 4.78 is 11.9. The largest absolute Gasteiger partial charge is 0.493 e. The number of hydrogen-bond donors (Lipinski definition) is 1. The molecule has 1 atom stereocenters. The third-order valence-corrected chi connectivity index (χ3v) is 5.90. The van der Waals surface area contributed by atoms with Gasteiger partial charge in [-0.25, -0.2) is 0 Å². The zero-order chi connectivity index (χ0) is 18.7. The minimum absolute atomic E-state index is 0.292. The molecule has 0 radical (unpaired) electrons. The fourth-order valence-electron chi connectivity index (χ4n) is 4.38. The van der Waals surface area contributed by atoms with Gasteiger partial charge >= 0.3 is 0 Å². The molecule has 1 saturated carbocycles. The first-order valence-corrected chi connectivity index (χ1v) is 10.0. The van der Waals surface area contributed by atoms with Gasteiger partial charge < -0.3 is 14.6 Å². The number of methoxy groups -OCH3 is 1. The molecule has 2 aliphatic rings. The van der Waals surface area contributed by atoms with Crippen molar-refractivity contribution in [2.75, 3.05) is 20.2 Å². The van der Waals surface area contributed by atoms with Crippen LogP contribution in [0.3, 0.4) is 0 Å². The van der Waals surface area contributed by atoms with Gasteiger partial charge in [-0.3, -0.25) is 4.90 Å². The molecule has 2 aromatic rings. The predicted octanol–water partition coefficient (Wildman–Crippen LogP) is 4.11. The van der Waals surface area contributed by atoms with Crippen molar-refractivity contribution in [1.82, 2.24) is 4.90 Å². The Morgan fingerprint density at radius 3 is 2.59 bits per heavy atom. The molecule has 1 aliphatic carbocycles. The molecule has 0 amide bonds. The van der Waals surface area contributed by atoms with Gasteiger partial charge in [0.15, 0.2) is 11.5 Å². The molecule has 0 bridgehead atoms. The van der Waals surface area contributed by atoms with E-state index in [0.717, 1.165) is 55.0 Å². The summed E-state index contributed by atoms with van der Waals surface area (Å²) in [6.07, 6.45) is 5.76. The lowest BCUT2D eigenvalue weighted by molar-refractivity contribution is 0.0451. The standard InChI is InChI=1S/C23H29NO3/c1-26-21-13-7-8-18(22(21)27-20-11-5-6-12-20)16-24-15-14-23(25,17-24)19-9-3-2-4-10-19/h2-4,7-10,13,20,25H,5-6,11-12,14-17H2,1H3/t23-/m1/s1. The third kappa shape index (κ3) is 3.97. The van der Waals surface area contributed by atoms with E-state index in [-0.39, 0.29) is 0 Å². The molecular weight excluding hydrogens is 338 g/mol. The number of β-amino-alcohol motifs (C(OH)–C–C–N with tert-alkyl or cyclic N) is 1. The van der Waals surface area contributed by atoms with Crippen LogP contribution >= 0.6 is 0 Å². The number of aliphatic hydroxyl groups is 1. The Bertz CT molecular complexity index is 757. The Labute approximate surface area is 161 Å². The van der Waals surface area contributed by atoms with E-state index in [2.05, 4.69) is 11.0 Å². The molecule has 144 valence electrons. The second-order valence-electron chi connectivity index (χ2n) is 7.83. The van der Waals surface area contributed by atoms with E-state index < -0.39 is 5.60 Å². The zero-order valence-electron chi connectivity index (χ0n) is 16.1. The fourth-order valence-corrected chi connectivity index (χ4v) is 4.38.